The number of thioether (sulfide) groups is 1. The Morgan fingerprint density at radius 2 is 1.79 bits per heavy atom. The number of carbonyl (C=O) groups is 1. The molecule has 1 fully saturated rings. The molecule has 24 heavy (non-hydrogen) atoms. The molecule has 0 N–H and O–H groups in total. The molecule has 0 aliphatic carbocycles. The van der Waals surface area contributed by atoms with Crippen molar-refractivity contribution in [3.8, 4) is 0 Å². The number of nitrogens with zero attached hydrogens (tertiary/aromatic N) is 3. The molecule has 2 aromatic rings. The summed E-state index contributed by atoms with van der Waals surface area (Å²) < 4.78 is 0. The lowest BCUT2D eigenvalue weighted by Gasteiger charge is -2.36. The summed E-state index contributed by atoms with van der Waals surface area (Å²) in [6.07, 6.45) is 3.63. The minimum absolute atomic E-state index is 0.231. The second-order valence-corrected chi connectivity index (χ2v) is 7.15. The van der Waals surface area contributed by atoms with Gasteiger partial charge in [0, 0.05) is 49.2 Å². The van der Waals surface area contributed by atoms with Crippen molar-refractivity contribution in [2.45, 2.75) is 18.7 Å². The van der Waals surface area contributed by atoms with Crippen LogP contribution in [0.1, 0.15) is 11.1 Å². The van der Waals surface area contributed by atoms with Gasteiger partial charge in [-0.05, 0) is 37.6 Å². The summed E-state index contributed by atoms with van der Waals surface area (Å²) >= 11 is 1.64. The van der Waals surface area contributed by atoms with E-state index in [0.717, 1.165) is 26.2 Å². The molecular weight excluding hydrogens is 318 g/mol. The zero-order valence-corrected chi connectivity index (χ0v) is 15.1. The van der Waals surface area contributed by atoms with Gasteiger partial charge in [-0.3, -0.25) is 9.78 Å². The number of carbonyl (C=O) groups excluding carboxylic acids is 1. The highest BCUT2D eigenvalue weighted by atomic mass is 32.2. The molecule has 1 aromatic carbocycles. The van der Waals surface area contributed by atoms with Gasteiger partial charge in [-0.25, -0.2) is 0 Å². The number of aromatic nitrogens is 1. The van der Waals surface area contributed by atoms with E-state index in [1.54, 1.807) is 11.8 Å². The van der Waals surface area contributed by atoms with Gasteiger partial charge in [0.1, 0.15) is 0 Å². The Kier molecular flexibility index (Phi) is 5.41. The van der Waals surface area contributed by atoms with E-state index < -0.39 is 0 Å². The van der Waals surface area contributed by atoms with E-state index in [9.17, 15) is 4.79 Å². The maximum Gasteiger partial charge on any atom is 0.233 e. The first-order valence-electron chi connectivity index (χ1n) is 8.26. The Bertz CT molecular complexity index is 697. The Morgan fingerprint density at radius 3 is 2.46 bits per heavy atom. The topological polar surface area (TPSA) is 36.4 Å². The maximum atomic E-state index is 12.5. The number of piperazine rings is 1. The third-order valence-corrected chi connectivity index (χ3v) is 5.50. The van der Waals surface area contributed by atoms with Gasteiger partial charge in [0.05, 0.1) is 5.75 Å². The van der Waals surface area contributed by atoms with Crippen LogP contribution in [0.3, 0.4) is 0 Å². The first kappa shape index (κ1) is 16.8. The van der Waals surface area contributed by atoms with E-state index in [-0.39, 0.29) is 5.91 Å². The number of hydrogen-bond acceptors (Lipinski definition) is 4. The van der Waals surface area contributed by atoms with E-state index in [4.69, 9.17) is 0 Å². The predicted molar refractivity (Wildman–Crippen MR) is 99.7 cm³/mol. The zero-order valence-electron chi connectivity index (χ0n) is 14.2. The average molecular weight is 341 g/mol. The van der Waals surface area contributed by atoms with Crippen LogP contribution in [0.25, 0.3) is 0 Å². The molecule has 1 amide bonds. The van der Waals surface area contributed by atoms with Gasteiger partial charge >= 0.3 is 0 Å². The monoisotopic (exact) mass is 341 g/mol. The number of benzene rings is 1. The smallest absolute Gasteiger partial charge is 0.233 e. The summed E-state index contributed by atoms with van der Waals surface area (Å²) in [5.41, 5.74) is 3.69. The lowest BCUT2D eigenvalue weighted by atomic mass is 10.2. The lowest BCUT2D eigenvalue weighted by molar-refractivity contribution is -0.128. The van der Waals surface area contributed by atoms with Crippen LogP contribution in [0.5, 0.6) is 0 Å². The summed E-state index contributed by atoms with van der Waals surface area (Å²) in [5.74, 6) is 0.744. The van der Waals surface area contributed by atoms with Crippen LogP contribution in [-0.2, 0) is 4.79 Å². The van der Waals surface area contributed by atoms with E-state index in [2.05, 4.69) is 41.9 Å². The minimum Gasteiger partial charge on any atom is -0.368 e. The average Bonchev–Trinajstić information content (AvgIpc) is 2.62. The summed E-state index contributed by atoms with van der Waals surface area (Å²) in [4.78, 5) is 22.0. The molecule has 0 bridgehead atoms. The van der Waals surface area contributed by atoms with E-state index >= 15 is 0 Å². The number of amides is 1. The van der Waals surface area contributed by atoms with E-state index in [1.807, 2.05) is 29.4 Å². The Balaban J connectivity index is 1.50. The fraction of sp³-hybridized carbons (Fsp3) is 0.368. The van der Waals surface area contributed by atoms with Gasteiger partial charge in [-0.2, -0.15) is 0 Å². The molecule has 5 heteroatoms. The predicted octanol–water partition coefficient (Wildman–Crippen LogP) is 3.14. The van der Waals surface area contributed by atoms with Crippen LogP contribution in [0, 0.1) is 13.8 Å². The highest BCUT2D eigenvalue weighted by molar-refractivity contribution is 8.00. The molecule has 0 radical (unpaired) electrons. The van der Waals surface area contributed by atoms with Crippen LogP contribution in [0.2, 0.25) is 0 Å². The van der Waals surface area contributed by atoms with Gasteiger partial charge in [0.25, 0.3) is 0 Å². The van der Waals surface area contributed by atoms with Gasteiger partial charge < -0.3 is 9.80 Å². The van der Waals surface area contributed by atoms with Crippen LogP contribution < -0.4 is 4.90 Å². The Labute approximate surface area is 147 Å². The Hall–Kier alpha value is -2.01. The van der Waals surface area contributed by atoms with Crippen molar-refractivity contribution in [2.24, 2.45) is 0 Å². The quantitative estimate of drug-likeness (QED) is 0.801. The highest BCUT2D eigenvalue weighted by Crippen LogP contribution is 2.24. The van der Waals surface area contributed by atoms with Gasteiger partial charge in [0.15, 0.2) is 0 Å². The van der Waals surface area contributed by atoms with Crippen molar-refractivity contribution in [3.63, 3.8) is 0 Å². The van der Waals surface area contributed by atoms with E-state index in [1.165, 1.54) is 21.7 Å². The van der Waals surface area contributed by atoms with Crippen molar-refractivity contribution in [3.05, 3.63) is 53.9 Å². The van der Waals surface area contributed by atoms with Gasteiger partial charge in [-0.15, -0.1) is 11.8 Å². The van der Waals surface area contributed by atoms with E-state index in [0.29, 0.717) is 5.75 Å². The molecule has 126 valence electrons. The molecule has 0 unspecified atom stereocenters. The van der Waals surface area contributed by atoms with Crippen molar-refractivity contribution in [2.75, 3.05) is 36.8 Å². The number of anilines is 1. The molecule has 0 saturated carbocycles. The number of pyridine rings is 1. The first-order chi connectivity index (χ1) is 11.6. The van der Waals surface area contributed by atoms with Crippen molar-refractivity contribution in [1.29, 1.82) is 0 Å². The zero-order chi connectivity index (χ0) is 16.9. The highest BCUT2D eigenvalue weighted by Gasteiger charge is 2.21. The lowest BCUT2D eigenvalue weighted by Crippen LogP contribution is -2.49. The number of rotatable bonds is 4. The third-order valence-electron chi connectivity index (χ3n) is 4.34. The molecule has 0 atom stereocenters. The molecule has 1 saturated heterocycles. The number of aryl methyl sites for hydroxylation is 2. The van der Waals surface area contributed by atoms with Crippen LogP contribution >= 0.6 is 11.8 Å². The van der Waals surface area contributed by atoms with Gasteiger partial charge in [-0.1, -0.05) is 17.7 Å². The van der Waals surface area contributed by atoms with Crippen molar-refractivity contribution in [1.82, 2.24) is 9.88 Å². The summed E-state index contributed by atoms with van der Waals surface area (Å²) in [6, 6.07) is 10.4. The summed E-state index contributed by atoms with van der Waals surface area (Å²) in [6.45, 7) is 7.53. The normalized spacial score (nSPS) is 14.8. The van der Waals surface area contributed by atoms with Gasteiger partial charge in [0.2, 0.25) is 5.91 Å². The largest absolute Gasteiger partial charge is 0.368 e. The van der Waals surface area contributed by atoms with Crippen molar-refractivity contribution < 1.29 is 4.79 Å². The molecule has 1 aromatic heterocycles. The SMILES string of the molecule is Cc1ccc(SCC(=O)N2CCN(c3ccncc3)CC2)c(C)c1. The molecule has 3 rings (SSSR count). The summed E-state index contributed by atoms with van der Waals surface area (Å²) in [7, 11) is 0. The fourth-order valence-electron chi connectivity index (χ4n) is 2.96. The second kappa shape index (κ2) is 7.71. The summed E-state index contributed by atoms with van der Waals surface area (Å²) in [5, 5.41) is 0. The third kappa shape index (κ3) is 4.09. The molecule has 4 nitrogen and oxygen atoms in total. The van der Waals surface area contributed by atoms with Crippen LogP contribution in [-0.4, -0.2) is 47.7 Å². The minimum atomic E-state index is 0.231. The Morgan fingerprint density at radius 1 is 1.08 bits per heavy atom. The molecule has 1 aliphatic rings. The molecule has 2 heterocycles. The molecule has 1 aliphatic heterocycles. The molecule has 0 spiro atoms. The van der Waals surface area contributed by atoms with Crippen LogP contribution in [0.4, 0.5) is 5.69 Å². The first-order valence-corrected chi connectivity index (χ1v) is 9.25. The maximum absolute atomic E-state index is 12.5. The standard InChI is InChI=1S/C19H23N3OS/c1-15-3-4-18(16(2)13-15)24-14-19(23)22-11-9-21(10-12-22)17-5-7-20-8-6-17/h3-8,13H,9-12,14H2,1-2H3. The molecular formula is C19H23N3OS. The fourth-order valence-corrected chi connectivity index (χ4v) is 3.87. The van der Waals surface area contributed by atoms with Crippen LogP contribution in [0.15, 0.2) is 47.6 Å². The second-order valence-electron chi connectivity index (χ2n) is 6.13. The van der Waals surface area contributed by atoms with Crippen molar-refractivity contribution >= 4 is 23.4 Å². The number of hydrogen-bond donors (Lipinski definition) is 0.